The highest BCUT2D eigenvalue weighted by Gasteiger charge is 2.21. The van der Waals surface area contributed by atoms with Crippen LogP contribution in [0.1, 0.15) is 47.4 Å². The molecule has 4 aromatic rings. The molecule has 2 heterocycles. The van der Waals surface area contributed by atoms with E-state index in [2.05, 4.69) is 38.8 Å². The Morgan fingerprint density at radius 3 is 2.41 bits per heavy atom. The predicted molar refractivity (Wildman–Crippen MR) is 168 cm³/mol. The van der Waals surface area contributed by atoms with E-state index < -0.39 is 16.0 Å². The molecule has 3 N–H and O–H groups in total. The molecular formula is C32H37N5O6S. The Morgan fingerprint density at radius 1 is 1.00 bits per heavy atom. The molecule has 0 saturated heterocycles. The fraction of sp³-hybridized carbons (Fsp3) is 0.312. The number of methoxy groups -OCH3 is 1. The first-order valence-electron chi connectivity index (χ1n) is 14.1. The molecule has 4 rings (SSSR count). The molecule has 0 aliphatic heterocycles. The average Bonchev–Trinajstić information content (AvgIpc) is 2.98. The molecule has 0 spiro atoms. The molecule has 2 aromatic carbocycles. The highest BCUT2D eigenvalue weighted by Crippen LogP contribution is 2.29. The summed E-state index contributed by atoms with van der Waals surface area (Å²) < 4.78 is 40.4. The molecule has 0 saturated carbocycles. The first kappa shape index (κ1) is 32.4. The molecule has 0 fully saturated rings. The van der Waals surface area contributed by atoms with Gasteiger partial charge in [0.15, 0.2) is 0 Å². The number of carboxylic acids is 1. The summed E-state index contributed by atoms with van der Waals surface area (Å²) in [4.78, 5) is 24.5. The Hall–Kier alpha value is -4.55. The topological polar surface area (TPSA) is 153 Å². The number of nitrogens with one attached hydrogen (secondary N) is 2. The van der Waals surface area contributed by atoms with Crippen molar-refractivity contribution in [2.45, 2.75) is 51.6 Å². The number of hydrogen-bond donors (Lipinski definition) is 3. The number of aromatic nitrogens is 3. The SMILES string of the molecule is COc1ccnc(CN[C@@H](COc2cc(-c3c(C)cccc3C)nc(NS(=O)(=O)c3cccc(C(=O)O)c3)n2)CC(C)C)c1. The van der Waals surface area contributed by atoms with Crippen LogP contribution in [-0.4, -0.2) is 54.2 Å². The molecule has 1 atom stereocenters. The molecule has 44 heavy (non-hydrogen) atoms. The van der Waals surface area contributed by atoms with E-state index in [4.69, 9.17) is 9.47 Å². The summed E-state index contributed by atoms with van der Waals surface area (Å²) >= 11 is 0. The number of rotatable bonds is 14. The largest absolute Gasteiger partial charge is 0.497 e. The van der Waals surface area contributed by atoms with E-state index >= 15 is 0 Å². The number of hydrogen-bond acceptors (Lipinski definition) is 9. The van der Waals surface area contributed by atoms with E-state index in [0.29, 0.717) is 18.2 Å². The Kier molecular flexibility index (Phi) is 10.5. The molecule has 12 heteroatoms. The van der Waals surface area contributed by atoms with Gasteiger partial charge in [-0.25, -0.2) is 22.9 Å². The number of carbonyl (C=O) groups is 1. The zero-order valence-corrected chi connectivity index (χ0v) is 26.2. The van der Waals surface area contributed by atoms with Crippen molar-refractivity contribution in [3.8, 4) is 22.9 Å². The Labute approximate surface area is 257 Å². The monoisotopic (exact) mass is 619 g/mol. The van der Waals surface area contributed by atoms with Crippen molar-refractivity contribution in [2.24, 2.45) is 5.92 Å². The molecule has 0 aliphatic carbocycles. The van der Waals surface area contributed by atoms with Gasteiger partial charge < -0.3 is 19.9 Å². The maximum Gasteiger partial charge on any atom is 0.335 e. The number of sulfonamides is 1. The minimum absolute atomic E-state index is 0.0690. The summed E-state index contributed by atoms with van der Waals surface area (Å²) in [7, 11) is -2.61. The minimum Gasteiger partial charge on any atom is -0.497 e. The second-order valence-electron chi connectivity index (χ2n) is 10.8. The van der Waals surface area contributed by atoms with E-state index in [9.17, 15) is 18.3 Å². The van der Waals surface area contributed by atoms with Gasteiger partial charge in [0.05, 0.1) is 29.0 Å². The number of aryl methyl sites for hydroxylation is 2. The maximum atomic E-state index is 13.3. The normalized spacial score (nSPS) is 12.1. The van der Waals surface area contributed by atoms with Gasteiger partial charge in [0.2, 0.25) is 11.8 Å². The zero-order chi connectivity index (χ0) is 31.9. The Balaban J connectivity index is 1.64. The second-order valence-corrected chi connectivity index (χ2v) is 12.5. The lowest BCUT2D eigenvalue weighted by atomic mass is 10.00. The van der Waals surface area contributed by atoms with Gasteiger partial charge in [-0.05, 0) is 61.6 Å². The van der Waals surface area contributed by atoms with E-state index in [1.165, 1.54) is 18.2 Å². The summed E-state index contributed by atoms with van der Waals surface area (Å²) in [5, 5.41) is 12.8. The molecule has 0 aliphatic rings. The molecule has 232 valence electrons. The van der Waals surface area contributed by atoms with Crippen molar-refractivity contribution >= 4 is 21.9 Å². The van der Waals surface area contributed by atoms with Crippen LogP contribution in [0.5, 0.6) is 11.6 Å². The quantitative estimate of drug-likeness (QED) is 0.171. The van der Waals surface area contributed by atoms with Crippen molar-refractivity contribution in [3.05, 3.63) is 89.2 Å². The number of nitrogens with zero attached hydrogens (tertiary/aromatic N) is 3. The number of carboxylic acid groups (broad SMARTS) is 1. The van der Waals surface area contributed by atoms with Crippen LogP contribution in [0.15, 0.2) is 71.8 Å². The van der Waals surface area contributed by atoms with Crippen molar-refractivity contribution in [1.29, 1.82) is 0 Å². The van der Waals surface area contributed by atoms with Crippen LogP contribution >= 0.6 is 0 Å². The first-order valence-corrected chi connectivity index (χ1v) is 15.6. The average molecular weight is 620 g/mol. The fourth-order valence-electron chi connectivity index (χ4n) is 4.76. The van der Waals surface area contributed by atoms with Gasteiger partial charge in [0.25, 0.3) is 10.0 Å². The fourth-order valence-corrected chi connectivity index (χ4v) is 5.75. The number of aromatic carboxylic acids is 1. The van der Waals surface area contributed by atoms with E-state index in [1.807, 2.05) is 38.1 Å². The van der Waals surface area contributed by atoms with Crippen LogP contribution in [0.25, 0.3) is 11.3 Å². The lowest BCUT2D eigenvalue weighted by molar-refractivity contribution is 0.0696. The van der Waals surface area contributed by atoms with Gasteiger partial charge in [0, 0.05) is 36.5 Å². The molecule has 11 nitrogen and oxygen atoms in total. The Morgan fingerprint density at radius 2 is 1.73 bits per heavy atom. The van der Waals surface area contributed by atoms with E-state index in [0.717, 1.165) is 40.6 Å². The summed E-state index contributed by atoms with van der Waals surface area (Å²) in [5.74, 6) is -0.163. The summed E-state index contributed by atoms with van der Waals surface area (Å²) in [6, 6.07) is 16.2. The van der Waals surface area contributed by atoms with Gasteiger partial charge in [-0.2, -0.15) is 4.98 Å². The van der Waals surface area contributed by atoms with Gasteiger partial charge in [-0.1, -0.05) is 38.1 Å². The third-order valence-electron chi connectivity index (χ3n) is 6.84. The smallest absolute Gasteiger partial charge is 0.335 e. The van der Waals surface area contributed by atoms with E-state index in [-0.39, 0.29) is 34.9 Å². The first-order chi connectivity index (χ1) is 20.9. The lowest BCUT2D eigenvalue weighted by Gasteiger charge is -2.21. The number of benzene rings is 2. The number of pyridine rings is 1. The standard InChI is InChI=1S/C32H37N5O6S/c1-20(2)14-25(34-18-24-16-26(42-5)12-13-33-24)19-43-29-17-28(30-21(3)8-6-9-22(30)4)35-32(36-29)37-44(40,41)27-11-7-10-23(15-27)31(38)39/h6-13,15-17,20,25,34H,14,18-19H2,1-5H3,(H,38,39)(H,35,36,37)/t25-/m1/s1. The highest BCUT2D eigenvalue weighted by molar-refractivity contribution is 7.92. The van der Waals surface area contributed by atoms with Gasteiger partial charge >= 0.3 is 5.97 Å². The van der Waals surface area contributed by atoms with E-state index in [1.54, 1.807) is 25.4 Å². The summed E-state index contributed by atoms with van der Waals surface area (Å²) in [6.45, 7) is 8.87. The third kappa shape index (κ3) is 8.51. The van der Waals surface area contributed by atoms with Crippen LogP contribution in [0.2, 0.25) is 0 Å². The molecule has 0 unspecified atom stereocenters. The molecule has 0 amide bonds. The van der Waals surface area contributed by atoms with Gasteiger partial charge in [-0.15, -0.1) is 0 Å². The number of anilines is 1. The van der Waals surface area contributed by atoms with Crippen LogP contribution in [-0.2, 0) is 16.6 Å². The van der Waals surface area contributed by atoms with Crippen molar-refractivity contribution in [2.75, 3.05) is 18.4 Å². The van der Waals surface area contributed by atoms with Crippen molar-refractivity contribution in [1.82, 2.24) is 20.3 Å². The second kappa shape index (κ2) is 14.3. The van der Waals surface area contributed by atoms with Gasteiger partial charge in [0.1, 0.15) is 12.4 Å². The van der Waals surface area contributed by atoms with Crippen LogP contribution in [0.4, 0.5) is 5.95 Å². The van der Waals surface area contributed by atoms with Crippen molar-refractivity contribution in [3.63, 3.8) is 0 Å². The highest BCUT2D eigenvalue weighted by atomic mass is 32.2. The zero-order valence-electron chi connectivity index (χ0n) is 25.4. The lowest BCUT2D eigenvalue weighted by Crippen LogP contribution is -2.35. The maximum absolute atomic E-state index is 13.3. The number of ether oxygens (including phenoxy) is 2. The minimum atomic E-state index is -4.22. The Bertz CT molecular complexity index is 1710. The van der Waals surface area contributed by atoms with Crippen LogP contribution in [0.3, 0.4) is 0 Å². The molecule has 0 bridgehead atoms. The van der Waals surface area contributed by atoms with Crippen LogP contribution in [0, 0.1) is 19.8 Å². The van der Waals surface area contributed by atoms with Gasteiger partial charge in [-0.3, -0.25) is 4.98 Å². The van der Waals surface area contributed by atoms with Crippen LogP contribution < -0.4 is 19.5 Å². The predicted octanol–water partition coefficient (Wildman–Crippen LogP) is 5.25. The van der Waals surface area contributed by atoms with Crippen molar-refractivity contribution < 1.29 is 27.8 Å². The summed E-state index contributed by atoms with van der Waals surface area (Å²) in [5.41, 5.74) is 3.87. The molecule has 2 aromatic heterocycles. The third-order valence-corrected chi connectivity index (χ3v) is 8.17. The molecular weight excluding hydrogens is 582 g/mol. The summed E-state index contributed by atoms with van der Waals surface area (Å²) in [6.07, 6.45) is 2.50. The molecule has 0 radical (unpaired) electrons.